The molecule has 0 saturated carbocycles. The first kappa shape index (κ1) is 15.1. The van der Waals surface area contributed by atoms with Gasteiger partial charge in [0.05, 0.1) is 5.56 Å². The number of amides is 1. The van der Waals surface area contributed by atoms with Crippen LogP contribution >= 0.6 is 31.9 Å². The van der Waals surface area contributed by atoms with Gasteiger partial charge in [-0.05, 0) is 29.3 Å². The zero-order chi connectivity index (χ0) is 14.5. The molecule has 0 aromatic heterocycles. The Hall–Kier alpha value is -1.33. The molecule has 0 aliphatic heterocycles. The summed E-state index contributed by atoms with van der Waals surface area (Å²) in [5.41, 5.74) is 2.44. The Labute approximate surface area is 134 Å². The van der Waals surface area contributed by atoms with Gasteiger partial charge in [-0.3, -0.25) is 4.79 Å². The van der Waals surface area contributed by atoms with Crippen molar-refractivity contribution in [2.24, 2.45) is 0 Å². The topological polar surface area (TPSA) is 49.3 Å². The number of halogens is 2. The molecule has 0 spiro atoms. The molecule has 0 aliphatic carbocycles. The SMILES string of the molecule is O=C(NCc1cccc(CBr)c1)c1ccc(Br)cc1O. The van der Waals surface area contributed by atoms with E-state index in [-0.39, 0.29) is 17.2 Å². The lowest BCUT2D eigenvalue weighted by atomic mass is 10.1. The van der Waals surface area contributed by atoms with E-state index in [1.54, 1.807) is 12.1 Å². The summed E-state index contributed by atoms with van der Waals surface area (Å²) in [6.45, 7) is 0.426. The Morgan fingerprint density at radius 3 is 2.60 bits per heavy atom. The van der Waals surface area contributed by atoms with Crippen molar-refractivity contribution in [2.75, 3.05) is 0 Å². The lowest BCUT2D eigenvalue weighted by molar-refractivity contribution is 0.0948. The second kappa shape index (κ2) is 6.90. The number of phenolic OH excluding ortho intramolecular Hbond substituents is 1. The van der Waals surface area contributed by atoms with Crippen molar-refractivity contribution in [1.82, 2.24) is 5.32 Å². The van der Waals surface area contributed by atoms with Crippen molar-refractivity contribution in [3.05, 3.63) is 63.6 Å². The van der Waals surface area contributed by atoms with Gasteiger partial charge in [-0.2, -0.15) is 0 Å². The van der Waals surface area contributed by atoms with E-state index >= 15 is 0 Å². The summed E-state index contributed by atoms with van der Waals surface area (Å²) in [5, 5.41) is 13.3. The summed E-state index contributed by atoms with van der Waals surface area (Å²) >= 11 is 6.64. The molecule has 3 nitrogen and oxygen atoms in total. The maximum Gasteiger partial charge on any atom is 0.255 e. The van der Waals surface area contributed by atoms with Gasteiger partial charge in [-0.25, -0.2) is 0 Å². The standard InChI is InChI=1S/C15H13Br2NO2/c16-8-10-2-1-3-11(6-10)9-18-15(20)13-5-4-12(17)7-14(13)19/h1-7,19H,8-9H2,(H,18,20). The maximum atomic E-state index is 12.0. The second-order valence-corrected chi connectivity index (χ2v) is 5.77. The summed E-state index contributed by atoms with van der Waals surface area (Å²) in [4.78, 5) is 12.0. The highest BCUT2D eigenvalue weighted by atomic mass is 79.9. The number of carbonyl (C=O) groups is 1. The number of carbonyl (C=O) groups excluding carboxylic acids is 1. The molecular weight excluding hydrogens is 386 g/mol. The molecule has 2 aromatic rings. The minimum Gasteiger partial charge on any atom is -0.507 e. The molecule has 0 fully saturated rings. The molecule has 0 bridgehead atoms. The van der Waals surface area contributed by atoms with Crippen molar-refractivity contribution in [3.8, 4) is 5.75 Å². The molecule has 5 heteroatoms. The van der Waals surface area contributed by atoms with Crippen LogP contribution < -0.4 is 5.32 Å². The summed E-state index contributed by atoms with van der Waals surface area (Å²) in [6, 6.07) is 12.8. The van der Waals surface area contributed by atoms with Gasteiger partial charge in [-0.15, -0.1) is 0 Å². The van der Waals surface area contributed by atoms with Crippen molar-refractivity contribution in [3.63, 3.8) is 0 Å². The smallest absolute Gasteiger partial charge is 0.255 e. The zero-order valence-electron chi connectivity index (χ0n) is 10.6. The van der Waals surface area contributed by atoms with E-state index in [1.807, 2.05) is 24.3 Å². The van der Waals surface area contributed by atoms with E-state index < -0.39 is 0 Å². The van der Waals surface area contributed by atoms with Crippen molar-refractivity contribution in [1.29, 1.82) is 0 Å². The molecule has 0 aliphatic rings. The average molecular weight is 399 g/mol. The summed E-state index contributed by atoms with van der Waals surface area (Å²) in [5.74, 6) is -0.328. The number of benzene rings is 2. The van der Waals surface area contributed by atoms with Crippen molar-refractivity contribution < 1.29 is 9.90 Å². The monoisotopic (exact) mass is 397 g/mol. The molecule has 0 saturated heterocycles. The van der Waals surface area contributed by atoms with Crippen LogP contribution in [0.5, 0.6) is 5.75 Å². The average Bonchev–Trinajstić information content (AvgIpc) is 2.45. The van der Waals surface area contributed by atoms with Gasteiger partial charge in [-0.1, -0.05) is 56.1 Å². The van der Waals surface area contributed by atoms with Crippen LogP contribution in [0.4, 0.5) is 0 Å². The third-order valence-corrected chi connectivity index (χ3v) is 3.94. The highest BCUT2D eigenvalue weighted by Crippen LogP contribution is 2.22. The van der Waals surface area contributed by atoms with Gasteiger partial charge >= 0.3 is 0 Å². The Morgan fingerprint density at radius 2 is 1.90 bits per heavy atom. The van der Waals surface area contributed by atoms with Gasteiger partial charge in [0, 0.05) is 16.3 Å². The van der Waals surface area contributed by atoms with Crippen LogP contribution in [0.3, 0.4) is 0 Å². The number of nitrogens with one attached hydrogen (secondary N) is 1. The van der Waals surface area contributed by atoms with E-state index in [0.29, 0.717) is 6.54 Å². The van der Waals surface area contributed by atoms with Crippen LogP contribution in [0.2, 0.25) is 0 Å². The molecule has 1 amide bonds. The first-order chi connectivity index (χ1) is 9.60. The Bertz CT molecular complexity index is 629. The minimum atomic E-state index is -0.292. The van der Waals surface area contributed by atoms with Crippen molar-refractivity contribution in [2.45, 2.75) is 11.9 Å². The highest BCUT2D eigenvalue weighted by molar-refractivity contribution is 9.10. The van der Waals surface area contributed by atoms with Gasteiger partial charge in [0.15, 0.2) is 0 Å². The van der Waals surface area contributed by atoms with Crippen LogP contribution in [0, 0.1) is 0 Å². The Balaban J connectivity index is 2.04. The van der Waals surface area contributed by atoms with Crippen LogP contribution in [-0.2, 0) is 11.9 Å². The molecule has 0 unspecified atom stereocenters. The normalized spacial score (nSPS) is 10.3. The molecule has 0 heterocycles. The van der Waals surface area contributed by atoms with E-state index in [9.17, 15) is 9.90 Å². The van der Waals surface area contributed by atoms with Crippen molar-refractivity contribution >= 4 is 37.8 Å². The largest absolute Gasteiger partial charge is 0.507 e. The van der Waals surface area contributed by atoms with Gasteiger partial charge in [0.2, 0.25) is 0 Å². The molecule has 2 rings (SSSR count). The quantitative estimate of drug-likeness (QED) is 0.765. The van der Waals surface area contributed by atoms with E-state index in [4.69, 9.17) is 0 Å². The first-order valence-corrected chi connectivity index (χ1v) is 7.92. The second-order valence-electron chi connectivity index (χ2n) is 4.30. The molecule has 0 radical (unpaired) electrons. The number of aromatic hydroxyl groups is 1. The van der Waals surface area contributed by atoms with E-state index in [2.05, 4.69) is 37.2 Å². The summed E-state index contributed by atoms with van der Waals surface area (Å²) in [6.07, 6.45) is 0. The molecule has 2 N–H and O–H groups in total. The maximum absolute atomic E-state index is 12.0. The van der Waals surface area contributed by atoms with Gasteiger partial charge in [0.25, 0.3) is 5.91 Å². The number of hydrogen-bond donors (Lipinski definition) is 2. The Kier molecular flexibility index (Phi) is 5.20. The first-order valence-electron chi connectivity index (χ1n) is 6.00. The van der Waals surface area contributed by atoms with E-state index in [0.717, 1.165) is 20.9 Å². The number of alkyl halides is 1. The molecule has 20 heavy (non-hydrogen) atoms. The third kappa shape index (κ3) is 3.84. The van der Waals surface area contributed by atoms with Gasteiger partial charge in [0.1, 0.15) is 5.75 Å². The molecule has 104 valence electrons. The number of hydrogen-bond acceptors (Lipinski definition) is 2. The van der Waals surface area contributed by atoms with E-state index in [1.165, 1.54) is 6.07 Å². The van der Waals surface area contributed by atoms with Crippen LogP contribution in [-0.4, -0.2) is 11.0 Å². The van der Waals surface area contributed by atoms with Crippen LogP contribution in [0.1, 0.15) is 21.5 Å². The predicted molar refractivity (Wildman–Crippen MR) is 86.1 cm³/mol. The molecule has 0 atom stereocenters. The van der Waals surface area contributed by atoms with Crippen LogP contribution in [0.25, 0.3) is 0 Å². The lowest BCUT2D eigenvalue weighted by Crippen LogP contribution is -2.22. The predicted octanol–water partition coefficient (Wildman–Crippen LogP) is 3.98. The summed E-state index contributed by atoms with van der Waals surface area (Å²) < 4.78 is 0.733. The number of phenols is 1. The third-order valence-electron chi connectivity index (χ3n) is 2.80. The molecular formula is C15H13Br2NO2. The fourth-order valence-corrected chi connectivity index (χ4v) is 2.49. The fourth-order valence-electron chi connectivity index (χ4n) is 1.80. The van der Waals surface area contributed by atoms with Gasteiger partial charge < -0.3 is 10.4 Å². The number of rotatable bonds is 4. The Morgan fingerprint density at radius 1 is 1.15 bits per heavy atom. The minimum absolute atomic E-state index is 0.0360. The highest BCUT2D eigenvalue weighted by Gasteiger charge is 2.10. The van der Waals surface area contributed by atoms with Crippen LogP contribution in [0.15, 0.2) is 46.9 Å². The molecule has 2 aromatic carbocycles. The fraction of sp³-hybridized carbons (Fsp3) is 0.133. The lowest BCUT2D eigenvalue weighted by Gasteiger charge is -2.08. The summed E-state index contributed by atoms with van der Waals surface area (Å²) in [7, 11) is 0. The zero-order valence-corrected chi connectivity index (χ0v) is 13.7.